The summed E-state index contributed by atoms with van der Waals surface area (Å²) in [5.74, 6) is -3.40. The van der Waals surface area contributed by atoms with Crippen LogP contribution in [0.3, 0.4) is 0 Å². The van der Waals surface area contributed by atoms with E-state index in [9.17, 15) is 24.5 Å². The third-order valence-corrected chi connectivity index (χ3v) is 9.17. The largest absolute Gasteiger partial charge is 0.496 e. The lowest BCUT2D eigenvalue weighted by Gasteiger charge is -2.52. The number of methoxy groups -OCH3 is 1. The van der Waals surface area contributed by atoms with Crippen molar-refractivity contribution in [2.45, 2.75) is 11.3 Å². The summed E-state index contributed by atoms with van der Waals surface area (Å²) in [5.41, 5.74) is 4.59. The van der Waals surface area contributed by atoms with Crippen LogP contribution in [0.25, 0.3) is 0 Å². The summed E-state index contributed by atoms with van der Waals surface area (Å²) in [6, 6.07) is 25.7. The first-order valence-corrected chi connectivity index (χ1v) is 14.2. The monoisotopic (exact) mass is 606 g/mol. The number of imide groups is 1. The van der Waals surface area contributed by atoms with E-state index in [1.165, 1.54) is 30.4 Å². The number of carbonyl (C=O) groups excluding carboxylic acids is 3. The number of nitro benzene ring substituents is 1. The Morgan fingerprint density at radius 1 is 0.977 bits per heavy atom. The molecule has 3 amide bonds. The number of para-hydroxylation sites is 1. The van der Waals surface area contributed by atoms with Crippen LogP contribution in [0, 0.1) is 22.0 Å². The van der Waals surface area contributed by atoms with E-state index in [2.05, 4.69) is 10.5 Å². The molecule has 1 saturated heterocycles. The summed E-state index contributed by atoms with van der Waals surface area (Å²) in [4.78, 5) is 53.9. The van der Waals surface area contributed by atoms with Gasteiger partial charge < -0.3 is 4.74 Å². The molecule has 0 unspecified atom stereocenters. The molecule has 8 rings (SSSR count). The Morgan fingerprint density at radius 3 is 2.25 bits per heavy atom. The van der Waals surface area contributed by atoms with Crippen molar-refractivity contribution >= 4 is 46.9 Å². The van der Waals surface area contributed by atoms with Crippen molar-refractivity contribution in [1.82, 2.24) is 5.43 Å². The molecule has 1 heterocycles. The summed E-state index contributed by atoms with van der Waals surface area (Å²) >= 11 is 6.49. The van der Waals surface area contributed by atoms with Gasteiger partial charge >= 0.3 is 0 Å². The highest BCUT2D eigenvalue weighted by Gasteiger charge is 2.68. The molecule has 44 heavy (non-hydrogen) atoms. The molecule has 4 aliphatic rings. The van der Waals surface area contributed by atoms with Crippen molar-refractivity contribution in [3.63, 3.8) is 0 Å². The maximum absolute atomic E-state index is 14.4. The van der Waals surface area contributed by atoms with Gasteiger partial charge in [-0.25, -0.2) is 10.3 Å². The molecule has 2 atom stereocenters. The zero-order valence-electron chi connectivity index (χ0n) is 23.1. The lowest BCUT2D eigenvalue weighted by Crippen LogP contribution is -2.54. The molecule has 1 fully saturated rings. The van der Waals surface area contributed by atoms with Crippen LogP contribution in [0.1, 0.15) is 38.5 Å². The fraction of sp³-hybridized carbons (Fsp3) is 0.152. The summed E-state index contributed by atoms with van der Waals surface area (Å²) in [6.07, 6.45) is 1.51. The molecular weight excluding hydrogens is 584 g/mol. The number of hydrazone groups is 1. The Labute approximate surface area is 256 Å². The number of amides is 3. The zero-order valence-corrected chi connectivity index (χ0v) is 23.9. The predicted octanol–water partition coefficient (Wildman–Crippen LogP) is 5.22. The Kier molecular flexibility index (Phi) is 6.33. The van der Waals surface area contributed by atoms with Crippen LogP contribution >= 0.6 is 11.6 Å². The highest BCUT2D eigenvalue weighted by atomic mass is 35.5. The maximum atomic E-state index is 14.4. The third-order valence-electron chi connectivity index (χ3n) is 8.85. The average molecular weight is 607 g/mol. The van der Waals surface area contributed by atoms with Crippen LogP contribution in [0.15, 0.2) is 96.1 Å². The van der Waals surface area contributed by atoms with E-state index in [0.29, 0.717) is 5.69 Å². The molecule has 0 saturated carbocycles. The van der Waals surface area contributed by atoms with Crippen LogP contribution < -0.4 is 15.1 Å². The van der Waals surface area contributed by atoms with Gasteiger partial charge in [0.2, 0.25) is 11.8 Å². The highest BCUT2D eigenvalue weighted by Crippen LogP contribution is 2.63. The molecule has 3 aliphatic carbocycles. The number of rotatable bonds is 6. The van der Waals surface area contributed by atoms with Crippen molar-refractivity contribution < 1.29 is 24.0 Å². The number of nitrogens with one attached hydrogen (secondary N) is 1. The number of ether oxygens (including phenoxy) is 1. The van der Waals surface area contributed by atoms with Crippen LogP contribution in [0.2, 0.25) is 5.02 Å². The van der Waals surface area contributed by atoms with Gasteiger partial charge in [0, 0.05) is 24.3 Å². The van der Waals surface area contributed by atoms with E-state index in [1.807, 2.05) is 48.5 Å². The van der Waals surface area contributed by atoms with Gasteiger partial charge in [0.05, 0.1) is 45.6 Å². The minimum atomic E-state index is -1.23. The minimum Gasteiger partial charge on any atom is -0.496 e. The Balaban J connectivity index is 1.38. The maximum Gasteiger partial charge on any atom is 0.275 e. The molecule has 0 radical (unpaired) electrons. The molecule has 218 valence electrons. The lowest BCUT2D eigenvalue weighted by atomic mass is 9.47. The number of non-ortho nitro benzene ring substituents is 1. The van der Waals surface area contributed by atoms with Gasteiger partial charge in [-0.15, -0.1) is 0 Å². The molecule has 1 aliphatic heterocycles. The van der Waals surface area contributed by atoms with Gasteiger partial charge in [0.25, 0.3) is 11.6 Å². The number of nitrogens with zero attached hydrogens (tertiary/aromatic N) is 3. The number of nitro groups is 1. The number of benzene rings is 4. The van der Waals surface area contributed by atoms with Crippen LogP contribution in [0.4, 0.5) is 11.4 Å². The first-order chi connectivity index (χ1) is 21.3. The molecule has 4 aromatic carbocycles. The Morgan fingerprint density at radius 2 is 1.61 bits per heavy atom. The Bertz CT molecular complexity index is 1890. The second-order valence-corrected chi connectivity index (χ2v) is 11.2. The van der Waals surface area contributed by atoms with Crippen molar-refractivity contribution in [2.24, 2.45) is 16.9 Å². The second kappa shape index (κ2) is 10.1. The summed E-state index contributed by atoms with van der Waals surface area (Å²) in [5, 5.41) is 16.0. The standard InChI is InChI=1S/C33H23ClN4O6/c1-44-26-15-14-18(38(42)43)16-21(26)30(39)36-35-17-33-22-10-4-2-8-19(22)27(20-9-3-5-11-23(20)33)28-29(33)32(41)37(31(28)40)25-13-7-6-12-24(25)34/h2-17,27-29H,1H3,(H,36,39)/b35-17-/t27?,28-,29+,33?/m0/s1. The van der Waals surface area contributed by atoms with Crippen LogP contribution in [-0.2, 0) is 15.0 Å². The lowest BCUT2D eigenvalue weighted by molar-refractivity contribution is -0.384. The van der Waals surface area contributed by atoms with Gasteiger partial charge in [-0.2, -0.15) is 5.10 Å². The fourth-order valence-corrected chi connectivity index (χ4v) is 7.38. The first kappa shape index (κ1) is 27.5. The van der Waals surface area contributed by atoms with E-state index in [0.717, 1.165) is 28.3 Å². The topological polar surface area (TPSA) is 131 Å². The van der Waals surface area contributed by atoms with Gasteiger partial charge in [0.15, 0.2) is 0 Å². The molecule has 1 N–H and O–H groups in total. The highest BCUT2D eigenvalue weighted by molar-refractivity contribution is 6.36. The summed E-state index contributed by atoms with van der Waals surface area (Å²) < 4.78 is 5.25. The minimum absolute atomic E-state index is 0.0839. The van der Waals surface area contributed by atoms with E-state index in [1.54, 1.807) is 24.3 Å². The molecule has 4 aromatic rings. The van der Waals surface area contributed by atoms with E-state index < -0.39 is 34.0 Å². The molecule has 10 nitrogen and oxygen atoms in total. The van der Waals surface area contributed by atoms with Gasteiger partial charge in [-0.05, 0) is 40.5 Å². The van der Waals surface area contributed by atoms with Gasteiger partial charge in [0.1, 0.15) is 5.75 Å². The molecule has 0 aromatic heterocycles. The van der Waals surface area contributed by atoms with Crippen molar-refractivity contribution in [3.05, 3.63) is 134 Å². The summed E-state index contributed by atoms with van der Waals surface area (Å²) in [7, 11) is 1.35. The second-order valence-electron chi connectivity index (χ2n) is 10.8. The smallest absolute Gasteiger partial charge is 0.275 e. The number of halogens is 1. The predicted molar refractivity (Wildman–Crippen MR) is 162 cm³/mol. The quantitative estimate of drug-likeness (QED) is 0.138. The fourth-order valence-electron chi connectivity index (χ4n) is 7.16. The SMILES string of the molecule is COc1ccc([N+](=O)[O-])cc1C(=O)N/N=C\C12c3ccccc3C(c3ccccc31)[C@@H]1C(=O)N(c3ccccc3Cl)C(=O)[C@@H]12. The first-order valence-electron chi connectivity index (χ1n) is 13.8. The van der Waals surface area contributed by atoms with Crippen molar-refractivity contribution in [1.29, 1.82) is 0 Å². The van der Waals surface area contributed by atoms with Crippen molar-refractivity contribution in [3.8, 4) is 5.75 Å². The molecule has 0 spiro atoms. The molecular formula is C33H23ClN4O6. The Hall–Kier alpha value is -5.35. The number of hydrogen-bond acceptors (Lipinski definition) is 7. The van der Waals surface area contributed by atoms with Crippen molar-refractivity contribution in [2.75, 3.05) is 12.0 Å². The average Bonchev–Trinajstić information content (AvgIpc) is 3.31. The molecule has 11 heteroatoms. The summed E-state index contributed by atoms with van der Waals surface area (Å²) in [6.45, 7) is 0. The van der Waals surface area contributed by atoms with Gasteiger partial charge in [-0.1, -0.05) is 72.3 Å². The van der Waals surface area contributed by atoms with E-state index in [4.69, 9.17) is 16.3 Å². The van der Waals surface area contributed by atoms with E-state index >= 15 is 0 Å². The number of hydrogen-bond donors (Lipinski definition) is 1. The van der Waals surface area contributed by atoms with Crippen LogP contribution in [-0.4, -0.2) is 36.0 Å². The van der Waals surface area contributed by atoms with E-state index in [-0.39, 0.29) is 33.8 Å². The normalized spacial score (nSPS) is 22.9. The third kappa shape index (κ3) is 3.74. The van der Waals surface area contributed by atoms with Crippen LogP contribution in [0.5, 0.6) is 5.75 Å². The van der Waals surface area contributed by atoms with Gasteiger partial charge in [-0.3, -0.25) is 24.5 Å². The number of anilines is 1. The zero-order chi connectivity index (χ0) is 30.7. The number of carbonyl (C=O) groups is 3. The molecule has 2 bridgehead atoms.